The highest BCUT2D eigenvalue weighted by atomic mass is 35.5. The van der Waals surface area contributed by atoms with Gasteiger partial charge in [0.05, 0.1) is 18.9 Å². The van der Waals surface area contributed by atoms with Crippen LogP contribution in [0.3, 0.4) is 0 Å². The van der Waals surface area contributed by atoms with Crippen molar-refractivity contribution in [2.24, 2.45) is 0 Å². The van der Waals surface area contributed by atoms with Gasteiger partial charge < -0.3 is 9.42 Å². The molecule has 1 fully saturated rings. The second-order valence-corrected chi connectivity index (χ2v) is 7.32. The van der Waals surface area contributed by atoms with Crippen molar-refractivity contribution in [3.63, 3.8) is 0 Å². The smallest absolute Gasteiger partial charge is 0.167 e. The minimum atomic E-state index is 0.556. The van der Waals surface area contributed by atoms with Gasteiger partial charge in [0, 0.05) is 29.5 Å². The molecule has 1 aromatic carbocycles. The van der Waals surface area contributed by atoms with Crippen LogP contribution in [-0.4, -0.2) is 62.7 Å². The van der Waals surface area contributed by atoms with Crippen LogP contribution < -0.4 is 0 Å². The summed E-state index contributed by atoms with van der Waals surface area (Å²) in [5.74, 6) is 0. The zero-order valence-corrected chi connectivity index (χ0v) is 15.6. The van der Waals surface area contributed by atoms with E-state index in [-0.39, 0.29) is 0 Å². The zero-order chi connectivity index (χ0) is 17.9. The number of aromatic nitrogens is 4. The third-order valence-corrected chi connectivity index (χ3v) is 5.40. The van der Waals surface area contributed by atoms with Gasteiger partial charge in [-0.25, -0.2) is 0 Å². The third-order valence-electron chi connectivity index (χ3n) is 5.17. The SMILES string of the molecule is CN(Cc1noc2ccc(Cl)cc12)C1CCN(CCn2nccn2)CC1. The van der Waals surface area contributed by atoms with E-state index in [1.165, 1.54) is 0 Å². The Labute approximate surface area is 157 Å². The van der Waals surface area contributed by atoms with Gasteiger partial charge in [0.2, 0.25) is 0 Å². The van der Waals surface area contributed by atoms with E-state index in [2.05, 4.69) is 32.2 Å². The van der Waals surface area contributed by atoms with Crippen LogP contribution in [0.4, 0.5) is 0 Å². The van der Waals surface area contributed by atoms with E-state index >= 15 is 0 Å². The van der Waals surface area contributed by atoms with Crippen LogP contribution in [-0.2, 0) is 13.1 Å². The summed E-state index contributed by atoms with van der Waals surface area (Å²) in [5, 5.41) is 14.3. The Balaban J connectivity index is 1.30. The Hall–Kier alpha value is -1.96. The topological polar surface area (TPSA) is 63.2 Å². The summed E-state index contributed by atoms with van der Waals surface area (Å²) < 4.78 is 5.42. The van der Waals surface area contributed by atoms with E-state index in [1.54, 1.807) is 17.2 Å². The van der Waals surface area contributed by atoms with E-state index in [0.29, 0.717) is 11.1 Å². The van der Waals surface area contributed by atoms with Crippen LogP contribution >= 0.6 is 11.6 Å². The highest BCUT2D eigenvalue weighted by Crippen LogP contribution is 2.25. The molecule has 1 aliphatic heterocycles. The van der Waals surface area contributed by atoms with Crippen molar-refractivity contribution < 1.29 is 4.52 Å². The molecule has 0 radical (unpaired) electrons. The van der Waals surface area contributed by atoms with Gasteiger partial charge in [-0.15, -0.1) is 0 Å². The van der Waals surface area contributed by atoms with Gasteiger partial charge in [0.25, 0.3) is 0 Å². The predicted molar refractivity (Wildman–Crippen MR) is 100.0 cm³/mol. The van der Waals surface area contributed by atoms with Gasteiger partial charge in [-0.05, 0) is 51.2 Å². The number of benzene rings is 1. The van der Waals surface area contributed by atoms with E-state index in [0.717, 1.165) is 62.2 Å². The molecule has 1 aliphatic rings. The summed E-state index contributed by atoms with van der Waals surface area (Å²) in [6, 6.07) is 6.20. The van der Waals surface area contributed by atoms with Crippen molar-refractivity contribution in [1.29, 1.82) is 0 Å². The van der Waals surface area contributed by atoms with Gasteiger partial charge in [-0.1, -0.05) is 16.8 Å². The normalized spacial score (nSPS) is 16.7. The lowest BCUT2D eigenvalue weighted by atomic mass is 10.0. The standard InChI is InChI=1S/C18H23ClN6O/c1-23(13-17-16-12-14(19)2-3-18(16)26-22-17)15-4-8-24(9-5-15)10-11-25-20-6-7-21-25/h2-3,6-7,12,15H,4-5,8-11,13H2,1H3. The molecule has 1 saturated heterocycles. The van der Waals surface area contributed by atoms with Crippen LogP contribution in [0.1, 0.15) is 18.5 Å². The predicted octanol–water partition coefficient (Wildman–Crippen LogP) is 2.67. The maximum Gasteiger partial charge on any atom is 0.167 e. The molecule has 26 heavy (non-hydrogen) atoms. The second kappa shape index (κ2) is 7.73. The monoisotopic (exact) mass is 374 g/mol. The van der Waals surface area contributed by atoms with Crippen LogP contribution in [0.15, 0.2) is 35.1 Å². The zero-order valence-electron chi connectivity index (χ0n) is 14.9. The van der Waals surface area contributed by atoms with Crippen LogP contribution in [0.25, 0.3) is 11.0 Å². The summed E-state index contributed by atoms with van der Waals surface area (Å²) in [7, 11) is 2.17. The number of likely N-dealkylation sites (tertiary alicyclic amines) is 1. The molecule has 0 unspecified atom stereocenters. The van der Waals surface area contributed by atoms with Gasteiger partial charge in [-0.2, -0.15) is 15.0 Å². The molecule has 3 heterocycles. The summed E-state index contributed by atoms with van der Waals surface area (Å²) in [6.07, 6.45) is 5.75. The molecule has 0 N–H and O–H groups in total. The average molecular weight is 375 g/mol. The Morgan fingerprint density at radius 3 is 2.73 bits per heavy atom. The van der Waals surface area contributed by atoms with Crippen molar-refractivity contribution in [3.8, 4) is 0 Å². The molecule has 4 rings (SSSR count). The van der Waals surface area contributed by atoms with Crippen molar-refractivity contribution in [2.45, 2.75) is 32.0 Å². The molecule has 0 saturated carbocycles. The molecular weight excluding hydrogens is 352 g/mol. The van der Waals surface area contributed by atoms with E-state index in [9.17, 15) is 0 Å². The Morgan fingerprint density at radius 2 is 1.96 bits per heavy atom. The maximum absolute atomic E-state index is 6.12. The van der Waals surface area contributed by atoms with Crippen molar-refractivity contribution in [3.05, 3.63) is 41.3 Å². The first-order chi connectivity index (χ1) is 12.7. The number of halogens is 1. The fourth-order valence-corrected chi connectivity index (χ4v) is 3.79. The van der Waals surface area contributed by atoms with Gasteiger partial charge in [0.15, 0.2) is 5.58 Å². The summed E-state index contributed by atoms with van der Waals surface area (Å²) in [5.41, 5.74) is 1.75. The lowest BCUT2D eigenvalue weighted by molar-refractivity contribution is 0.118. The molecule has 0 amide bonds. The number of hydrogen-bond donors (Lipinski definition) is 0. The number of hydrogen-bond acceptors (Lipinski definition) is 6. The first-order valence-corrected chi connectivity index (χ1v) is 9.37. The lowest BCUT2D eigenvalue weighted by Gasteiger charge is -2.36. The minimum absolute atomic E-state index is 0.556. The van der Waals surface area contributed by atoms with Crippen molar-refractivity contribution in [1.82, 2.24) is 30.0 Å². The van der Waals surface area contributed by atoms with Crippen LogP contribution in [0.2, 0.25) is 5.02 Å². The van der Waals surface area contributed by atoms with Crippen LogP contribution in [0.5, 0.6) is 0 Å². The molecule has 0 aliphatic carbocycles. The summed E-state index contributed by atoms with van der Waals surface area (Å²) >= 11 is 6.12. The molecule has 2 aromatic heterocycles. The molecule has 8 heteroatoms. The summed E-state index contributed by atoms with van der Waals surface area (Å²) in [6.45, 7) is 4.81. The van der Waals surface area contributed by atoms with Crippen molar-refractivity contribution >= 4 is 22.6 Å². The molecule has 7 nitrogen and oxygen atoms in total. The Kier molecular flexibility index (Phi) is 5.19. The number of rotatable bonds is 6. The van der Waals surface area contributed by atoms with Crippen LogP contribution in [0, 0.1) is 0 Å². The quantitative estimate of drug-likeness (QED) is 0.661. The van der Waals surface area contributed by atoms with E-state index in [1.807, 2.05) is 18.2 Å². The molecule has 0 atom stereocenters. The second-order valence-electron chi connectivity index (χ2n) is 6.88. The molecule has 3 aromatic rings. The number of fused-ring (bicyclic) bond motifs is 1. The highest BCUT2D eigenvalue weighted by molar-refractivity contribution is 6.31. The third kappa shape index (κ3) is 3.90. The maximum atomic E-state index is 6.12. The van der Waals surface area contributed by atoms with Gasteiger partial charge >= 0.3 is 0 Å². The Morgan fingerprint density at radius 1 is 1.19 bits per heavy atom. The van der Waals surface area contributed by atoms with E-state index in [4.69, 9.17) is 16.1 Å². The molecule has 0 spiro atoms. The van der Waals surface area contributed by atoms with Gasteiger partial charge in [-0.3, -0.25) is 4.90 Å². The fourth-order valence-electron chi connectivity index (χ4n) is 3.61. The minimum Gasteiger partial charge on any atom is -0.356 e. The summed E-state index contributed by atoms with van der Waals surface area (Å²) in [4.78, 5) is 6.61. The van der Waals surface area contributed by atoms with Gasteiger partial charge in [0.1, 0.15) is 5.69 Å². The molecular formula is C18H23ClN6O. The fraction of sp³-hybridized carbons (Fsp3) is 0.500. The highest BCUT2D eigenvalue weighted by Gasteiger charge is 2.23. The lowest BCUT2D eigenvalue weighted by Crippen LogP contribution is -2.44. The number of piperidine rings is 1. The number of nitrogens with zero attached hydrogens (tertiary/aromatic N) is 6. The van der Waals surface area contributed by atoms with E-state index < -0.39 is 0 Å². The van der Waals surface area contributed by atoms with Crippen molar-refractivity contribution in [2.75, 3.05) is 26.7 Å². The molecule has 138 valence electrons. The first-order valence-electron chi connectivity index (χ1n) is 8.99. The Bertz CT molecular complexity index is 841. The first kappa shape index (κ1) is 17.5. The largest absolute Gasteiger partial charge is 0.356 e. The average Bonchev–Trinajstić information content (AvgIpc) is 3.30. The molecule has 0 bridgehead atoms.